The van der Waals surface area contributed by atoms with Crippen molar-refractivity contribution in [1.29, 1.82) is 0 Å². The fourth-order valence-electron chi connectivity index (χ4n) is 1.97. The molecular weight excluding hydrogens is 292 g/mol. The van der Waals surface area contributed by atoms with Gasteiger partial charge in [0.25, 0.3) is 0 Å². The van der Waals surface area contributed by atoms with E-state index < -0.39 is 9.28 Å². The van der Waals surface area contributed by atoms with Crippen LogP contribution < -0.4 is 14.0 Å². The van der Waals surface area contributed by atoms with Gasteiger partial charge in [-0.15, -0.1) is 0 Å². The molecular formula is C18H15O3Si. The molecule has 3 aromatic rings. The zero-order valence-corrected chi connectivity index (χ0v) is 12.8. The van der Waals surface area contributed by atoms with Crippen molar-refractivity contribution in [2.45, 2.75) is 0 Å². The molecule has 22 heavy (non-hydrogen) atoms. The summed E-state index contributed by atoms with van der Waals surface area (Å²) in [4.78, 5) is 0. The molecule has 4 heteroatoms. The predicted octanol–water partition coefficient (Wildman–Crippen LogP) is 3.25. The molecule has 0 aliphatic heterocycles. The lowest BCUT2D eigenvalue weighted by molar-refractivity contribution is 0.432. The Morgan fingerprint density at radius 1 is 0.591 bits per heavy atom. The summed E-state index contributed by atoms with van der Waals surface area (Å²) in [6, 6.07) is 26.1. The van der Waals surface area contributed by atoms with Gasteiger partial charge in [-0.3, -0.25) is 0 Å². The van der Waals surface area contributed by atoms with Crippen molar-refractivity contribution in [2.24, 2.45) is 0 Å². The summed E-state index contributed by atoms with van der Waals surface area (Å²) in [6.07, 6.45) is 0. The Morgan fingerprint density at radius 2 is 1.05 bits per heavy atom. The van der Waals surface area contributed by atoms with Gasteiger partial charge in [0.05, 0.1) is 5.19 Å². The molecule has 0 aliphatic rings. The predicted molar refractivity (Wildman–Crippen MR) is 87.6 cm³/mol. The summed E-state index contributed by atoms with van der Waals surface area (Å²) < 4.78 is 12.0. The highest BCUT2D eigenvalue weighted by atomic mass is 28.3. The fourth-order valence-corrected chi connectivity index (χ4v) is 3.45. The molecule has 109 valence electrons. The van der Waals surface area contributed by atoms with Crippen LogP contribution in [0.1, 0.15) is 0 Å². The van der Waals surface area contributed by atoms with E-state index in [1.807, 2.05) is 72.8 Å². The summed E-state index contributed by atoms with van der Waals surface area (Å²) in [5.74, 6) is 1.62. The number of aromatic hydroxyl groups is 1. The summed E-state index contributed by atoms with van der Waals surface area (Å²) in [7, 11) is -1.91. The summed E-state index contributed by atoms with van der Waals surface area (Å²) in [5.41, 5.74) is 0. The Bertz CT molecular complexity index is 675. The van der Waals surface area contributed by atoms with Crippen LogP contribution in [0.2, 0.25) is 0 Å². The van der Waals surface area contributed by atoms with E-state index >= 15 is 0 Å². The van der Waals surface area contributed by atoms with Crippen LogP contribution in [0.15, 0.2) is 84.9 Å². The zero-order valence-electron chi connectivity index (χ0n) is 11.8. The smallest absolute Gasteiger partial charge is 0.508 e. The van der Waals surface area contributed by atoms with E-state index in [1.54, 1.807) is 12.1 Å². The standard InChI is InChI=1S/C18H15O3Si/c19-17-13-7-8-14-18(17)22(20-15-9-3-1-4-10-15)21-16-11-5-2-6-12-16/h1-14,19H. The molecule has 0 bridgehead atoms. The minimum Gasteiger partial charge on any atom is -0.508 e. The Kier molecular flexibility index (Phi) is 4.41. The number of benzene rings is 3. The lowest BCUT2D eigenvalue weighted by Gasteiger charge is -2.18. The molecule has 0 aromatic heterocycles. The van der Waals surface area contributed by atoms with Crippen LogP contribution in [0.3, 0.4) is 0 Å². The van der Waals surface area contributed by atoms with Gasteiger partial charge >= 0.3 is 9.28 Å². The number of phenolic OH excluding ortho intramolecular Hbond substituents is 1. The first-order valence-electron chi connectivity index (χ1n) is 6.94. The summed E-state index contributed by atoms with van der Waals surface area (Å²) >= 11 is 0. The Balaban J connectivity index is 1.90. The fraction of sp³-hybridized carbons (Fsp3) is 0. The SMILES string of the molecule is Oc1ccccc1[Si](Oc1ccccc1)Oc1ccccc1. The van der Waals surface area contributed by atoms with Crippen molar-refractivity contribution < 1.29 is 14.0 Å². The van der Waals surface area contributed by atoms with Gasteiger partial charge in [-0.25, -0.2) is 0 Å². The van der Waals surface area contributed by atoms with E-state index in [4.69, 9.17) is 8.85 Å². The van der Waals surface area contributed by atoms with Crippen LogP contribution in [-0.2, 0) is 0 Å². The second-order valence-corrected chi connectivity index (χ2v) is 6.16. The molecule has 1 N–H and O–H groups in total. The molecule has 0 aliphatic carbocycles. The molecule has 3 nitrogen and oxygen atoms in total. The minimum atomic E-state index is -1.91. The van der Waals surface area contributed by atoms with Crippen LogP contribution >= 0.6 is 0 Å². The van der Waals surface area contributed by atoms with Crippen molar-refractivity contribution in [1.82, 2.24) is 0 Å². The topological polar surface area (TPSA) is 38.7 Å². The van der Waals surface area contributed by atoms with Gasteiger partial charge in [-0.2, -0.15) is 0 Å². The van der Waals surface area contributed by atoms with Gasteiger partial charge in [0.15, 0.2) is 0 Å². The van der Waals surface area contributed by atoms with Gasteiger partial charge in [0.2, 0.25) is 0 Å². The van der Waals surface area contributed by atoms with Crippen LogP contribution in [0, 0.1) is 0 Å². The first kappa shape index (κ1) is 14.2. The van der Waals surface area contributed by atoms with Crippen molar-refractivity contribution in [3.05, 3.63) is 84.9 Å². The third-order valence-corrected chi connectivity index (χ3v) is 4.74. The first-order chi connectivity index (χ1) is 10.8. The van der Waals surface area contributed by atoms with Crippen molar-refractivity contribution in [2.75, 3.05) is 0 Å². The third-order valence-electron chi connectivity index (χ3n) is 3.03. The number of hydrogen-bond acceptors (Lipinski definition) is 3. The van der Waals surface area contributed by atoms with Crippen molar-refractivity contribution >= 4 is 14.5 Å². The molecule has 0 amide bonds. The van der Waals surface area contributed by atoms with E-state index in [-0.39, 0.29) is 5.75 Å². The van der Waals surface area contributed by atoms with Gasteiger partial charge in [-0.05, 0) is 30.3 Å². The molecule has 0 atom stereocenters. The summed E-state index contributed by atoms with van der Waals surface area (Å²) in [5, 5.41) is 10.8. The zero-order chi connectivity index (χ0) is 15.2. The molecule has 0 heterocycles. The number of para-hydroxylation sites is 3. The van der Waals surface area contributed by atoms with Crippen LogP contribution in [0.4, 0.5) is 0 Å². The highest BCUT2D eigenvalue weighted by Crippen LogP contribution is 2.16. The van der Waals surface area contributed by atoms with Gasteiger partial charge in [0, 0.05) is 0 Å². The third kappa shape index (κ3) is 3.48. The largest absolute Gasteiger partial charge is 0.576 e. The van der Waals surface area contributed by atoms with Crippen molar-refractivity contribution in [3.8, 4) is 17.2 Å². The summed E-state index contributed by atoms with van der Waals surface area (Å²) in [6.45, 7) is 0. The average Bonchev–Trinajstić information content (AvgIpc) is 2.57. The van der Waals surface area contributed by atoms with Gasteiger partial charge in [0.1, 0.15) is 17.2 Å². The molecule has 3 rings (SSSR count). The molecule has 0 saturated carbocycles. The molecule has 0 unspecified atom stereocenters. The average molecular weight is 307 g/mol. The molecule has 1 radical (unpaired) electrons. The van der Waals surface area contributed by atoms with E-state index in [9.17, 15) is 5.11 Å². The van der Waals surface area contributed by atoms with Crippen LogP contribution in [0.5, 0.6) is 17.2 Å². The maximum atomic E-state index is 10.1. The normalized spacial score (nSPS) is 10.4. The van der Waals surface area contributed by atoms with Gasteiger partial charge < -0.3 is 14.0 Å². The quantitative estimate of drug-likeness (QED) is 0.735. The number of phenols is 1. The van der Waals surface area contributed by atoms with E-state index in [1.165, 1.54) is 0 Å². The lowest BCUT2D eigenvalue weighted by Crippen LogP contribution is -2.42. The van der Waals surface area contributed by atoms with Crippen molar-refractivity contribution in [3.63, 3.8) is 0 Å². The maximum absolute atomic E-state index is 10.1. The second kappa shape index (κ2) is 6.82. The Labute approximate surface area is 131 Å². The van der Waals surface area contributed by atoms with E-state index in [2.05, 4.69) is 0 Å². The monoisotopic (exact) mass is 307 g/mol. The van der Waals surface area contributed by atoms with E-state index in [0.717, 1.165) is 11.5 Å². The number of hydrogen-bond donors (Lipinski definition) is 1. The highest BCUT2D eigenvalue weighted by Gasteiger charge is 2.27. The molecule has 0 spiro atoms. The van der Waals surface area contributed by atoms with E-state index in [0.29, 0.717) is 5.19 Å². The highest BCUT2D eigenvalue weighted by molar-refractivity contribution is 6.63. The van der Waals surface area contributed by atoms with Crippen LogP contribution in [0.25, 0.3) is 0 Å². The first-order valence-corrected chi connectivity index (χ1v) is 8.26. The lowest BCUT2D eigenvalue weighted by atomic mass is 10.3. The van der Waals surface area contributed by atoms with Gasteiger partial charge in [-0.1, -0.05) is 54.6 Å². The number of rotatable bonds is 5. The Morgan fingerprint density at radius 3 is 1.55 bits per heavy atom. The Hall–Kier alpha value is -2.72. The second-order valence-electron chi connectivity index (χ2n) is 4.63. The molecule has 0 saturated heterocycles. The van der Waals surface area contributed by atoms with Crippen LogP contribution in [-0.4, -0.2) is 14.4 Å². The molecule has 3 aromatic carbocycles. The maximum Gasteiger partial charge on any atom is 0.576 e. The molecule has 0 fully saturated rings. The minimum absolute atomic E-state index is 0.184.